The van der Waals surface area contributed by atoms with Gasteiger partial charge in [0.1, 0.15) is 17.5 Å². The van der Waals surface area contributed by atoms with Gasteiger partial charge in [0.15, 0.2) is 0 Å². The van der Waals surface area contributed by atoms with Crippen molar-refractivity contribution < 1.29 is 22.7 Å². The van der Waals surface area contributed by atoms with E-state index in [4.69, 9.17) is 11.0 Å². The summed E-state index contributed by atoms with van der Waals surface area (Å²) >= 11 is 0. The number of carbonyl (C=O) groups excluding carboxylic acids is 1. The van der Waals surface area contributed by atoms with Crippen molar-refractivity contribution in [2.75, 3.05) is 0 Å². The Morgan fingerprint density at radius 1 is 1.26 bits per heavy atom. The summed E-state index contributed by atoms with van der Waals surface area (Å²) in [6.45, 7) is 0. The third-order valence-electron chi connectivity index (χ3n) is 3.23. The number of alkyl halides is 3. The summed E-state index contributed by atoms with van der Waals surface area (Å²) in [5.41, 5.74) is 6.02. The van der Waals surface area contributed by atoms with Crippen molar-refractivity contribution >= 4 is 5.91 Å². The molecule has 138 valence electrons. The zero-order chi connectivity index (χ0) is 19.9. The Hall–Kier alpha value is -3.59. The third kappa shape index (κ3) is 6.01. The maximum absolute atomic E-state index is 12.4. The molecule has 9 heteroatoms. The van der Waals surface area contributed by atoms with Gasteiger partial charge in [0, 0.05) is 25.2 Å². The molecule has 1 heterocycles. The average Bonchev–Trinajstić information content (AvgIpc) is 2.59. The molecule has 0 fully saturated rings. The Bertz CT molecular complexity index is 909. The Morgan fingerprint density at radius 2 is 1.96 bits per heavy atom. The number of nitriles is 1. The highest BCUT2D eigenvalue weighted by molar-refractivity contribution is 5.84. The van der Waals surface area contributed by atoms with E-state index in [1.54, 1.807) is 0 Å². The summed E-state index contributed by atoms with van der Waals surface area (Å²) in [6, 6.07) is 6.86. The standard InChI is InChI=1S/C18H13F3N4O2/c19-18(20,21)27-14-7-4-6-13(9-14)15(16(23)26)17-24-10-12(11-25-17)5-2-1-3-8-22/h4,6-7,9-11,15H,1,3H2,(H2,23,26). The van der Waals surface area contributed by atoms with Crippen LogP contribution in [0.4, 0.5) is 13.2 Å². The molecular weight excluding hydrogens is 361 g/mol. The number of carbonyl (C=O) groups is 1. The van der Waals surface area contributed by atoms with Crippen LogP contribution in [0.1, 0.15) is 35.7 Å². The fourth-order valence-corrected chi connectivity index (χ4v) is 2.17. The summed E-state index contributed by atoms with van der Waals surface area (Å²) in [6.07, 6.45) is -1.43. The molecule has 2 aromatic rings. The van der Waals surface area contributed by atoms with Crippen molar-refractivity contribution in [1.29, 1.82) is 5.26 Å². The first-order valence-corrected chi connectivity index (χ1v) is 7.63. The number of nitrogens with two attached hydrogens (primary N) is 1. The topological polar surface area (TPSA) is 102 Å². The molecule has 0 aliphatic rings. The van der Waals surface area contributed by atoms with E-state index in [0.717, 1.165) is 12.1 Å². The lowest BCUT2D eigenvalue weighted by Crippen LogP contribution is -2.24. The number of rotatable bonds is 5. The minimum atomic E-state index is -4.86. The molecule has 1 aromatic carbocycles. The van der Waals surface area contributed by atoms with E-state index >= 15 is 0 Å². The summed E-state index contributed by atoms with van der Waals surface area (Å²) < 4.78 is 41.0. The molecule has 0 saturated carbocycles. The predicted octanol–water partition coefficient (Wildman–Crippen LogP) is 2.65. The van der Waals surface area contributed by atoms with Crippen molar-refractivity contribution in [2.24, 2.45) is 5.73 Å². The Labute approximate surface area is 152 Å². The molecule has 1 atom stereocenters. The van der Waals surface area contributed by atoms with Gasteiger partial charge >= 0.3 is 6.36 Å². The first-order valence-electron chi connectivity index (χ1n) is 7.63. The molecular formula is C18H13F3N4O2. The van der Waals surface area contributed by atoms with Crippen LogP contribution in [-0.4, -0.2) is 22.2 Å². The van der Waals surface area contributed by atoms with E-state index in [0.29, 0.717) is 18.4 Å². The number of hydrogen-bond acceptors (Lipinski definition) is 5. The first-order chi connectivity index (χ1) is 12.8. The zero-order valence-electron chi connectivity index (χ0n) is 13.8. The van der Waals surface area contributed by atoms with E-state index in [1.165, 1.54) is 24.5 Å². The minimum absolute atomic E-state index is 0.0224. The van der Waals surface area contributed by atoms with Crippen LogP contribution in [0.5, 0.6) is 5.75 Å². The van der Waals surface area contributed by atoms with Gasteiger partial charge < -0.3 is 10.5 Å². The number of amides is 1. The molecule has 0 saturated heterocycles. The third-order valence-corrected chi connectivity index (χ3v) is 3.23. The first kappa shape index (κ1) is 19.7. The van der Waals surface area contributed by atoms with E-state index in [2.05, 4.69) is 26.5 Å². The monoisotopic (exact) mass is 374 g/mol. The van der Waals surface area contributed by atoms with E-state index in [9.17, 15) is 18.0 Å². The second kappa shape index (κ2) is 8.68. The van der Waals surface area contributed by atoms with Crippen molar-refractivity contribution in [3.8, 4) is 23.7 Å². The minimum Gasteiger partial charge on any atom is -0.406 e. The van der Waals surface area contributed by atoms with E-state index in [1.807, 2.05) is 6.07 Å². The number of unbranched alkanes of at least 4 members (excludes halogenated alkanes) is 1. The number of halogens is 3. The van der Waals surface area contributed by atoms with Crippen LogP contribution in [0.2, 0.25) is 0 Å². The van der Waals surface area contributed by atoms with Crippen LogP contribution in [0.25, 0.3) is 0 Å². The molecule has 0 aliphatic carbocycles. The molecule has 6 nitrogen and oxygen atoms in total. The van der Waals surface area contributed by atoms with Gasteiger partial charge in [-0.2, -0.15) is 5.26 Å². The maximum Gasteiger partial charge on any atom is 0.573 e. The highest BCUT2D eigenvalue weighted by Gasteiger charge is 2.32. The van der Waals surface area contributed by atoms with Gasteiger partial charge in [0.05, 0.1) is 11.6 Å². The highest BCUT2D eigenvalue weighted by atomic mass is 19.4. The van der Waals surface area contributed by atoms with Gasteiger partial charge in [0.2, 0.25) is 5.91 Å². The van der Waals surface area contributed by atoms with E-state index in [-0.39, 0.29) is 11.4 Å². The second-order valence-electron chi connectivity index (χ2n) is 5.25. The van der Waals surface area contributed by atoms with Gasteiger partial charge in [-0.3, -0.25) is 4.79 Å². The summed E-state index contributed by atoms with van der Waals surface area (Å²) in [5, 5.41) is 8.45. The quantitative estimate of drug-likeness (QED) is 0.640. The lowest BCUT2D eigenvalue weighted by Gasteiger charge is -2.14. The maximum atomic E-state index is 12.4. The Morgan fingerprint density at radius 3 is 2.56 bits per heavy atom. The van der Waals surface area contributed by atoms with Crippen molar-refractivity contribution in [3.05, 3.63) is 53.6 Å². The van der Waals surface area contributed by atoms with Crippen LogP contribution in [0.3, 0.4) is 0 Å². The number of ether oxygens (including phenoxy) is 1. The summed E-state index contributed by atoms with van der Waals surface area (Å²) in [5.74, 6) is 3.09. The lowest BCUT2D eigenvalue weighted by atomic mass is 9.97. The fourth-order valence-electron chi connectivity index (χ4n) is 2.17. The molecule has 1 aromatic heterocycles. The summed E-state index contributed by atoms with van der Waals surface area (Å²) in [4.78, 5) is 19.9. The molecule has 27 heavy (non-hydrogen) atoms. The largest absolute Gasteiger partial charge is 0.573 e. The van der Waals surface area contributed by atoms with Gasteiger partial charge in [0.25, 0.3) is 0 Å². The average molecular weight is 374 g/mol. The van der Waals surface area contributed by atoms with Gasteiger partial charge in [-0.05, 0) is 17.7 Å². The molecule has 0 spiro atoms. The smallest absolute Gasteiger partial charge is 0.406 e. The highest BCUT2D eigenvalue weighted by Crippen LogP contribution is 2.28. The van der Waals surface area contributed by atoms with Crippen molar-refractivity contribution in [2.45, 2.75) is 25.1 Å². The SMILES string of the molecule is N#CCCC#Cc1cnc(C(C(N)=O)c2cccc(OC(F)(F)F)c2)nc1. The lowest BCUT2D eigenvalue weighted by molar-refractivity contribution is -0.274. The van der Waals surface area contributed by atoms with Crippen LogP contribution >= 0.6 is 0 Å². The van der Waals surface area contributed by atoms with E-state index < -0.39 is 23.9 Å². The fraction of sp³-hybridized carbons (Fsp3) is 0.222. The number of primary amides is 1. The van der Waals surface area contributed by atoms with Crippen LogP contribution in [-0.2, 0) is 4.79 Å². The van der Waals surface area contributed by atoms with Crippen molar-refractivity contribution in [3.63, 3.8) is 0 Å². The molecule has 0 aliphatic heterocycles. The number of benzene rings is 1. The number of hydrogen-bond donors (Lipinski definition) is 1. The molecule has 0 radical (unpaired) electrons. The molecule has 2 rings (SSSR count). The van der Waals surface area contributed by atoms with Crippen LogP contribution < -0.4 is 10.5 Å². The number of aromatic nitrogens is 2. The number of nitrogens with zero attached hydrogens (tertiary/aromatic N) is 3. The Kier molecular flexibility index (Phi) is 6.34. The van der Waals surface area contributed by atoms with Crippen LogP contribution in [0.15, 0.2) is 36.7 Å². The zero-order valence-corrected chi connectivity index (χ0v) is 13.8. The van der Waals surface area contributed by atoms with Gasteiger partial charge in [-0.15, -0.1) is 13.2 Å². The Balaban J connectivity index is 2.27. The van der Waals surface area contributed by atoms with Gasteiger partial charge in [-0.1, -0.05) is 24.0 Å². The predicted molar refractivity (Wildman–Crippen MR) is 87.9 cm³/mol. The molecule has 1 unspecified atom stereocenters. The van der Waals surface area contributed by atoms with Crippen molar-refractivity contribution in [1.82, 2.24) is 9.97 Å². The molecule has 2 N–H and O–H groups in total. The normalized spacial score (nSPS) is 11.6. The molecule has 0 bridgehead atoms. The van der Waals surface area contributed by atoms with Crippen LogP contribution in [0, 0.1) is 23.2 Å². The van der Waals surface area contributed by atoms with Gasteiger partial charge in [-0.25, -0.2) is 9.97 Å². The molecule has 1 amide bonds. The second-order valence-corrected chi connectivity index (χ2v) is 5.25. The summed E-state index contributed by atoms with van der Waals surface area (Å²) in [7, 11) is 0.